The molecule has 0 rings (SSSR count). The van der Waals surface area contributed by atoms with Gasteiger partial charge in [-0.1, -0.05) is 165 Å². The van der Waals surface area contributed by atoms with E-state index in [2.05, 4.69) is 67.8 Å². The Hall–Kier alpha value is -2.03. The maximum Gasteiger partial charge on any atom is 0.472 e. The SMILES string of the molecule is CCCC/C=C\C/C=C\CCCCCCCC(=O)NCCOP(=O)(O)OCC(O)COC(=O)CCCCCCCCCCCCC/C=C\C/C=C\CCCCC. The average Bonchev–Trinajstić information content (AvgIpc) is 3.18. The lowest BCUT2D eigenvalue weighted by Gasteiger charge is -2.15. The highest BCUT2D eigenvalue weighted by Gasteiger charge is 2.23. The molecule has 0 radical (unpaired) electrons. The Labute approximate surface area is 343 Å². The van der Waals surface area contributed by atoms with Crippen LogP contribution in [-0.2, 0) is 27.9 Å². The van der Waals surface area contributed by atoms with Gasteiger partial charge in [0, 0.05) is 19.4 Å². The topological polar surface area (TPSA) is 131 Å². The number of hydrogen-bond acceptors (Lipinski definition) is 7. The van der Waals surface area contributed by atoms with Crippen molar-refractivity contribution in [1.82, 2.24) is 5.32 Å². The summed E-state index contributed by atoms with van der Waals surface area (Å²) in [5.74, 6) is -0.532. The summed E-state index contributed by atoms with van der Waals surface area (Å²) in [6.07, 6.45) is 49.0. The second kappa shape index (κ2) is 42.6. The molecule has 0 heterocycles. The third-order valence-electron chi connectivity index (χ3n) is 9.48. The van der Waals surface area contributed by atoms with Gasteiger partial charge in [-0.3, -0.25) is 18.6 Å². The number of unbranched alkanes of at least 4 members (excludes halogenated alkanes) is 21. The number of phosphoric acid groups is 1. The van der Waals surface area contributed by atoms with Crippen LogP contribution in [0.3, 0.4) is 0 Å². The molecule has 0 aliphatic heterocycles. The minimum Gasteiger partial charge on any atom is -0.463 e. The number of amides is 1. The lowest BCUT2D eigenvalue weighted by molar-refractivity contribution is -0.147. The zero-order chi connectivity index (χ0) is 41.1. The van der Waals surface area contributed by atoms with E-state index >= 15 is 0 Å². The van der Waals surface area contributed by atoms with Crippen LogP contribution in [0.5, 0.6) is 0 Å². The third-order valence-corrected chi connectivity index (χ3v) is 10.5. The number of rotatable bonds is 42. The van der Waals surface area contributed by atoms with E-state index in [0.29, 0.717) is 6.42 Å². The molecule has 10 heteroatoms. The summed E-state index contributed by atoms with van der Waals surface area (Å²) in [6, 6.07) is 0. The van der Waals surface area contributed by atoms with Gasteiger partial charge in [0.1, 0.15) is 12.7 Å². The highest BCUT2D eigenvalue weighted by Crippen LogP contribution is 2.42. The molecule has 9 nitrogen and oxygen atoms in total. The van der Waals surface area contributed by atoms with Crippen molar-refractivity contribution in [1.29, 1.82) is 0 Å². The number of aliphatic hydroxyl groups excluding tert-OH is 1. The molecule has 0 bridgehead atoms. The van der Waals surface area contributed by atoms with E-state index in [9.17, 15) is 24.2 Å². The predicted octanol–water partition coefficient (Wildman–Crippen LogP) is 12.7. The van der Waals surface area contributed by atoms with Crippen molar-refractivity contribution in [3.8, 4) is 0 Å². The molecule has 0 aromatic carbocycles. The number of aliphatic hydroxyl groups is 1. The van der Waals surface area contributed by atoms with E-state index in [4.69, 9.17) is 13.8 Å². The molecular formula is C46H84NO8P. The van der Waals surface area contributed by atoms with Crippen LogP contribution in [0, 0.1) is 0 Å². The molecule has 56 heavy (non-hydrogen) atoms. The molecule has 0 saturated heterocycles. The van der Waals surface area contributed by atoms with E-state index in [-0.39, 0.29) is 32.1 Å². The summed E-state index contributed by atoms with van der Waals surface area (Å²) in [5, 5.41) is 12.7. The minimum absolute atomic E-state index is 0.0730. The monoisotopic (exact) mass is 810 g/mol. The number of allylic oxidation sites excluding steroid dienone is 8. The molecule has 0 spiro atoms. The molecule has 0 aromatic heterocycles. The Kier molecular flexibility index (Phi) is 41.0. The van der Waals surface area contributed by atoms with Gasteiger partial charge in [0.05, 0.1) is 13.2 Å². The van der Waals surface area contributed by atoms with Crippen LogP contribution in [0.25, 0.3) is 0 Å². The first-order chi connectivity index (χ1) is 27.3. The highest BCUT2D eigenvalue weighted by atomic mass is 31.2. The molecule has 2 atom stereocenters. The zero-order valence-corrected chi connectivity index (χ0v) is 36.7. The number of ether oxygens (including phenoxy) is 1. The van der Waals surface area contributed by atoms with E-state index < -0.39 is 26.5 Å². The maximum atomic E-state index is 12.1. The number of esters is 1. The van der Waals surface area contributed by atoms with Gasteiger partial charge in [-0.05, 0) is 70.6 Å². The fourth-order valence-electron chi connectivity index (χ4n) is 6.01. The average molecular weight is 810 g/mol. The van der Waals surface area contributed by atoms with Gasteiger partial charge in [0.15, 0.2) is 0 Å². The van der Waals surface area contributed by atoms with Crippen molar-refractivity contribution in [2.75, 3.05) is 26.4 Å². The summed E-state index contributed by atoms with van der Waals surface area (Å²) in [4.78, 5) is 33.9. The maximum absolute atomic E-state index is 12.1. The van der Waals surface area contributed by atoms with Crippen molar-refractivity contribution >= 4 is 19.7 Å². The van der Waals surface area contributed by atoms with Crippen LogP contribution in [0.15, 0.2) is 48.6 Å². The smallest absolute Gasteiger partial charge is 0.463 e. The van der Waals surface area contributed by atoms with Gasteiger partial charge >= 0.3 is 13.8 Å². The van der Waals surface area contributed by atoms with Crippen molar-refractivity contribution in [2.24, 2.45) is 0 Å². The summed E-state index contributed by atoms with van der Waals surface area (Å²) in [5.41, 5.74) is 0. The fraction of sp³-hybridized carbons (Fsp3) is 0.783. The Morgan fingerprint density at radius 3 is 1.48 bits per heavy atom. The largest absolute Gasteiger partial charge is 0.472 e. The Morgan fingerprint density at radius 2 is 0.982 bits per heavy atom. The normalized spacial score (nSPS) is 13.7. The van der Waals surface area contributed by atoms with Crippen LogP contribution < -0.4 is 5.32 Å². The zero-order valence-electron chi connectivity index (χ0n) is 35.8. The van der Waals surface area contributed by atoms with Gasteiger partial charge in [-0.25, -0.2) is 4.57 Å². The minimum atomic E-state index is -4.42. The molecular weight excluding hydrogens is 725 g/mol. The Balaban J connectivity index is 3.59. The molecule has 0 saturated carbocycles. The van der Waals surface area contributed by atoms with Gasteiger partial charge in [-0.2, -0.15) is 0 Å². The first kappa shape index (κ1) is 54.0. The van der Waals surface area contributed by atoms with E-state index in [0.717, 1.165) is 70.6 Å². The number of carbonyl (C=O) groups excluding carboxylic acids is 2. The molecule has 326 valence electrons. The molecule has 0 fully saturated rings. The van der Waals surface area contributed by atoms with Crippen molar-refractivity contribution in [3.05, 3.63) is 48.6 Å². The van der Waals surface area contributed by atoms with Gasteiger partial charge < -0.3 is 20.1 Å². The molecule has 0 aliphatic carbocycles. The number of phosphoric ester groups is 1. The highest BCUT2D eigenvalue weighted by molar-refractivity contribution is 7.47. The second-order valence-electron chi connectivity index (χ2n) is 15.0. The van der Waals surface area contributed by atoms with E-state index in [1.807, 2.05) is 0 Å². The quantitative estimate of drug-likeness (QED) is 0.0240. The standard InChI is InChI=1S/C46H84NO8P/c1-3-5-7-9-11-13-15-17-19-20-21-22-23-24-25-27-29-31-33-35-37-39-46(50)53-42-44(48)43-55-56(51,52)54-41-40-47-45(49)38-36-34-32-30-28-26-18-16-14-12-10-8-6-4-2/h10-13,16-19,44,48H,3-9,14-15,20-43H2,1-2H3,(H,47,49)(H,51,52)/b12-10-,13-11-,18-16-,19-17-. The predicted molar refractivity (Wildman–Crippen MR) is 234 cm³/mol. The number of nitrogens with one attached hydrogen (secondary N) is 1. The lowest BCUT2D eigenvalue weighted by atomic mass is 10.0. The Morgan fingerprint density at radius 1 is 0.554 bits per heavy atom. The first-order valence-corrected chi connectivity index (χ1v) is 24.1. The summed E-state index contributed by atoms with van der Waals surface area (Å²) < 4.78 is 26.9. The van der Waals surface area contributed by atoms with Crippen molar-refractivity contribution in [3.63, 3.8) is 0 Å². The number of hydrogen-bond donors (Lipinski definition) is 3. The first-order valence-electron chi connectivity index (χ1n) is 22.6. The molecule has 0 aliphatic rings. The third kappa shape index (κ3) is 43.1. The summed E-state index contributed by atoms with van der Waals surface area (Å²) >= 11 is 0. The molecule has 1 amide bonds. The Bertz CT molecular complexity index is 1060. The van der Waals surface area contributed by atoms with Crippen LogP contribution in [0.1, 0.15) is 200 Å². The second-order valence-corrected chi connectivity index (χ2v) is 16.5. The van der Waals surface area contributed by atoms with Gasteiger partial charge in [0.2, 0.25) is 5.91 Å². The molecule has 2 unspecified atom stereocenters. The van der Waals surface area contributed by atoms with E-state index in [1.54, 1.807) is 0 Å². The molecule has 3 N–H and O–H groups in total. The lowest BCUT2D eigenvalue weighted by Crippen LogP contribution is -2.27. The van der Waals surface area contributed by atoms with Crippen molar-refractivity contribution < 1.29 is 37.9 Å². The fourth-order valence-corrected chi connectivity index (χ4v) is 6.77. The van der Waals surface area contributed by atoms with E-state index in [1.165, 1.54) is 103 Å². The number of carbonyl (C=O) groups is 2. The van der Waals surface area contributed by atoms with Gasteiger partial charge in [-0.15, -0.1) is 0 Å². The van der Waals surface area contributed by atoms with Crippen LogP contribution in [-0.4, -0.2) is 54.3 Å². The summed E-state index contributed by atoms with van der Waals surface area (Å²) in [7, 11) is -4.42. The van der Waals surface area contributed by atoms with Crippen molar-refractivity contribution in [2.45, 2.75) is 206 Å². The summed E-state index contributed by atoms with van der Waals surface area (Å²) in [6.45, 7) is 3.47. The molecule has 0 aromatic rings. The van der Waals surface area contributed by atoms with Gasteiger partial charge in [0.25, 0.3) is 0 Å². The van der Waals surface area contributed by atoms with Crippen LogP contribution in [0.2, 0.25) is 0 Å². The van der Waals surface area contributed by atoms with Crippen LogP contribution >= 0.6 is 7.82 Å². The van der Waals surface area contributed by atoms with Crippen LogP contribution in [0.4, 0.5) is 0 Å².